The first kappa shape index (κ1) is 16.1. The lowest BCUT2D eigenvalue weighted by atomic mass is 10.1. The highest BCUT2D eigenvalue weighted by Gasteiger charge is 2.41. The molecule has 0 radical (unpaired) electrons. The van der Waals surface area contributed by atoms with Crippen molar-refractivity contribution in [3.63, 3.8) is 0 Å². The molecule has 6 heteroatoms. The highest BCUT2D eigenvalue weighted by Crippen LogP contribution is 2.37. The summed E-state index contributed by atoms with van der Waals surface area (Å²) in [5.41, 5.74) is 0. The fourth-order valence-corrected chi connectivity index (χ4v) is 4.24. The molecule has 0 bridgehead atoms. The summed E-state index contributed by atoms with van der Waals surface area (Å²) in [6.07, 6.45) is 9.57. The van der Waals surface area contributed by atoms with Crippen LogP contribution in [0.2, 0.25) is 0 Å². The molecule has 1 N–H and O–H groups in total. The maximum absolute atomic E-state index is 12.8. The highest BCUT2D eigenvalue weighted by atomic mass is 16.5. The Labute approximate surface area is 143 Å². The van der Waals surface area contributed by atoms with E-state index in [4.69, 9.17) is 4.52 Å². The Balaban J connectivity index is 1.39. The molecular formula is C18H28N4O2. The molecule has 2 saturated carbocycles. The summed E-state index contributed by atoms with van der Waals surface area (Å²) in [7, 11) is 0. The molecule has 0 spiro atoms. The Kier molecular flexibility index (Phi) is 4.57. The van der Waals surface area contributed by atoms with Crippen molar-refractivity contribution in [2.75, 3.05) is 13.1 Å². The predicted octanol–water partition coefficient (Wildman–Crippen LogP) is 2.78. The van der Waals surface area contributed by atoms with Crippen molar-refractivity contribution in [2.45, 2.75) is 76.3 Å². The standard InChI is InChI=1S/C18H28N4O2/c1-12(18-20-16(21-24-18)14-6-2-3-7-14)19-17(23)15(13-8-9-13)22-10-4-5-11-22/h12-15H,2-11H2,1H3,(H,19,23)/t12-,15-/m0/s1. The van der Waals surface area contributed by atoms with Crippen LogP contribution in [0.25, 0.3) is 0 Å². The molecule has 1 amide bonds. The average Bonchev–Trinajstić information content (AvgIpc) is 3.07. The van der Waals surface area contributed by atoms with E-state index in [-0.39, 0.29) is 18.0 Å². The largest absolute Gasteiger partial charge is 0.343 e. The molecule has 3 aliphatic rings. The lowest BCUT2D eigenvalue weighted by Crippen LogP contribution is -2.47. The molecule has 4 rings (SSSR count). The number of rotatable bonds is 6. The Morgan fingerprint density at radius 1 is 1.17 bits per heavy atom. The minimum absolute atomic E-state index is 0.0344. The van der Waals surface area contributed by atoms with Gasteiger partial charge in [-0.1, -0.05) is 18.0 Å². The van der Waals surface area contributed by atoms with E-state index < -0.39 is 0 Å². The third-order valence-electron chi connectivity index (χ3n) is 5.78. The minimum atomic E-state index is -0.219. The van der Waals surface area contributed by atoms with Gasteiger partial charge in [0.25, 0.3) is 0 Å². The molecule has 2 atom stereocenters. The number of likely N-dealkylation sites (tertiary alicyclic amines) is 1. The zero-order chi connectivity index (χ0) is 16.5. The number of aromatic nitrogens is 2. The fraction of sp³-hybridized carbons (Fsp3) is 0.833. The summed E-state index contributed by atoms with van der Waals surface area (Å²) in [6.45, 7) is 4.04. The van der Waals surface area contributed by atoms with Crippen LogP contribution in [0.15, 0.2) is 4.52 Å². The van der Waals surface area contributed by atoms with Crippen LogP contribution in [0.4, 0.5) is 0 Å². The van der Waals surface area contributed by atoms with Gasteiger partial charge < -0.3 is 9.84 Å². The number of amides is 1. The van der Waals surface area contributed by atoms with Crippen molar-refractivity contribution in [1.82, 2.24) is 20.4 Å². The summed E-state index contributed by atoms with van der Waals surface area (Å²) < 4.78 is 5.43. The molecule has 1 aromatic heterocycles. The van der Waals surface area contributed by atoms with Crippen LogP contribution in [0.5, 0.6) is 0 Å². The van der Waals surface area contributed by atoms with Crippen LogP contribution in [-0.2, 0) is 4.79 Å². The molecule has 0 unspecified atom stereocenters. The lowest BCUT2D eigenvalue weighted by molar-refractivity contribution is -0.127. The van der Waals surface area contributed by atoms with Crippen molar-refractivity contribution < 1.29 is 9.32 Å². The molecule has 132 valence electrons. The van der Waals surface area contributed by atoms with Crippen LogP contribution in [-0.4, -0.2) is 40.1 Å². The maximum atomic E-state index is 12.8. The van der Waals surface area contributed by atoms with E-state index in [0.717, 1.165) is 31.8 Å². The van der Waals surface area contributed by atoms with E-state index in [1.807, 2.05) is 6.92 Å². The number of carbonyl (C=O) groups excluding carboxylic acids is 1. The van der Waals surface area contributed by atoms with E-state index in [1.54, 1.807) is 0 Å². The van der Waals surface area contributed by atoms with E-state index in [9.17, 15) is 4.79 Å². The normalized spacial score (nSPS) is 25.0. The predicted molar refractivity (Wildman–Crippen MR) is 89.4 cm³/mol. The first-order valence-electron chi connectivity index (χ1n) is 9.60. The second-order valence-corrected chi connectivity index (χ2v) is 7.73. The molecule has 2 heterocycles. The average molecular weight is 332 g/mol. The zero-order valence-electron chi connectivity index (χ0n) is 14.5. The number of nitrogens with zero attached hydrogens (tertiary/aromatic N) is 3. The number of hydrogen-bond donors (Lipinski definition) is 1. The van der Waals surface area contributed by atoms with Gasteiger partial charge in [0.15, 0.2) is 5.82 Å². The lowest BCUT2D eigenvalue weighted by Gasteiger charge is -2.27. The van der Waals surface area contributed by atoms with Crippen molar-refractivity contribution >= 4 is 5.91 Å². The second-order valence-electron chi connectivity index (χ2n) is 7.73. The summed E-state index contributed by atoms with van der Waals surface area (Å²) in [5, 5.41) is 7.27. The van der Waals surface area contributed by atoms with Gasteiger partial charge >= 0.3 is 0 Å². The van der Waals surface area contributed by atoms with Crippen molar-refractivity contribution in [3.05, 3.63) is 11.7 Å². The summed E-state index contributed by atoms with van der Waals surface area (Å²) in [4.78, 5) is 19.7. The smallest absolute Gasteiger partial charge is 0.248 e. The monoisotopic (exact) mass is 332 g/mol. The van der Waals surface area contributed by atoms with E-state index in [2.05, 4.69) is 20.4 Å². The minimum Gasteiger partial charge on any atom is -0.343 e. The summed E-state index contributed by atoms with van der Waals surface area (Å²) in [5.74, 6) is 2.47. The van der Waals surface area contributed by atoms with Crippen LogP contribution in [0.3, 0.4) is 0 Å². The number of nitrogens with one attached hydrogen (secondary N) is 1. The second kappa shape index (κ2) is 6.82. The van der Waals surface area contributed by atoms with Gasteiger partial charge in [0, 0.05) is 5.92 Å². The Hall–Kier alpha value is -1.43. The van der Waals surface area contributed by atoms with Gasteiger partial charge in [-0.15, -0.1) is 0 Å². The van der Waals surface area contributed by atoms with Crippen LogP contribution >= 0.6 is 0 Å². The Morgan fingerprint density at radius 2 is 1.88 bits per heavy atom. The molecule has 1 saturated heterocycles. The van der Waals surface area contributed by atoms with E-state index in [1.165, 1.54) is 38.5 Å². The van der Waals surface area contributed by atoms with Gasteiger partial charge in [-0.3, -0.25) is 9.69 Å². The molecule has 24 heavy (non-hydrogen) atoms. The van der Waals surface area contributed by atoms with Gasteiger partial charge in [0.2, 0.25) is 11.8 Å². The molecule has 1 aromatic rings. The Morgan fingerprint density at radius 3 is 2.54 bits per heavy atom. The summed E-state index contributed by atoms with van der Waals surface area (Å²) in [6, 6.07) is -0.184. The molecule has 3 fully saturated rings. The SMILES string of the molecule is C[C@H](NC(=O)[C@H](C1CC1)N1CCCC1)c1nc(C2CCCC2)no1. The van der Waals surface area contributed by atoms with E-state index in [0.29, 0.717) is 17.7 Å². The topological polar surface area (TPSA) is 71.3 Å². The van der Waals surface area contributed by atoms with Crippen molar-refractivity contribution in [2.24, 2.45) is 5.92 Å². The van der Waals surface area contributed by atoms with Gasteiger partial charge in [-0.2, -0.15) is 4.98 Å². The first-order valence-corrected chi connectivity index (χ1v) is 9.60. The third-order valence-corrected chi connectivity index (χ3v) is 5.78. The zero-order valence-corrected chi connectivity index (χ0v) is 14.5. The van der Waals surface area contributed by atoms with Gasteiger partial charge in [-0.05, 0) is 64.5 Å². The molecule has 0 aromatic carbocycles. The fourth-order valence-electron chi connectivity index (χ4n) is 4.24. The van der Waals surface area contributed by atoms with Crippen molar-refractivity contribution in [3.8, 4) is 0 Å². The van der Waals surface area contributed by atoms with Crippen LogP contribution < -0.4 is 5.32 Å². The molecular weight excluding hydrogens is 304 g/mol. The van der Waals surface area contributed by atoms with Crippen LogP contribution in [0.1, 0.15) is 82.0 Å². The molecule has 6 nitrogen and oxygen atoms in total. The summed E-state index contributed by atoms with van der Waals surface area (Å²) >= 11 is 0. The molecule has 1 aliphatic heterocycles. The number of hydrogen-bond acceptors (Lipinski definition) is 5. The number of carbonyl (C=O) groups is 1. The third kappa shape index (κ3) is 3.34. The maximum Gasteiger partial charge on any atom is 0.248 e. The van der Waals surface area contributed by atoms with Crippen LogP contribution in [0, 0.1) is 5.92 Å². The van der Waals surface area contributed by atoms with Gasteiger partial charge in [-0.25, -0.2) is 0 Å². The highest BCUT2D eigenvalue weighted by molar-refractivity contribution is 5.82. The molecule has 2 aliphatic carbocycles. The van der Waals surface area contributed by atoms with E-state index >= 15 is 0 Å². The van der Waals surface area contributed by atoms with Gasteiger partial charge in [0.05, 0.1) is 6.04 Å². The quantitative estimate of drug-likeness (QED) is 0.867. The van der Waals surface area contributed by atoms with Gasteiger partial charge in [0.1, 0.15) is 6.04 Å². The Bertz CT molecular complexity index is 571. The van der Waals surface area contributed by atoms with Crippen molar-refractivity contribution in [1.29, 1.82) is 0 Å². The first-order chi connectivity index (χ1) is 11.7.